The number of ether oxygens (including phenoxy) is 1. The molecule has 0 atom stereocenters. The van der Waals surface area contributed by atoms with E-state index in [1.54, 1.807) is 0 Å². The van der Waals surface area contributed by atoms with Crippen LogP contribution < -0.4 is 4.74 Å². The molecule has 6 heteroatoms. The van der Waals surface area contributed by atoms with Crippen molar-refractivity contribution in [2.24, 2.45) is 0 Å². The summed E-state index contributed by atoms with van der Waals surface area (Å²) in [5.41, 5.74) is -0.828. The molecule has 2 aromatic rings. The van der Waals surface area contributed by atoms with Gasteiger partial charge in [0, 0.05) is 18.2 Å². The highest BCUT2D eigenvalue weighted by molar-refractivity contribution is 5.34. The molecule has 0 heterocycles. The second-order valence-corrected chi connectivity index (χ2v) is 3.73. The maximum Gasteiger partial charge on any atom is 0.416 e. The SMILES string of the molecule is Fc1cc(F)cc(Oc2ccc(C(F)(F)F)cc2)c1. The van der Waals surface area contributed by atoms with Crippen molar-refractivity contribution < 1.29 is 26.7 Å². The van der Waals surface area contributed by atoms with E-state index in [2.05, 4.69) is 0 Å². The van der Waals surface area contributed by atoms with Gasteiger partial charge in [-0.15, -0.1) is 0 Å². The second-order valence-electron chi connectivity index (χ2n) is 3.73. The zero-order valence-corrected chi connectivity index (χ0v) is 9.34. The molecule has 0 saturated carbocycles. The van der Waals surface area contributed by atoms with Gasteiger partial charge in [0.05, 0.1) is 5.56 Å². The average molecular weight is 274 g/mol. The largest absolute Gasteiger partial charge is 0.457 e. The number of hydrogen-bond donors (Lipinski definition) is 0. The molecule has 0 aliphatic heterocycles. The summed E-state index contributed by atoms with van der Waals surface area (Å²) < 4.78 is 67.8. The Bertz CT molecular complexity index is 554. The summed E-state index contributed by atoms with van der Waals surface area (Å²) >= 11 is 0. The van der Waals surface area contributed by atoms with Crippen molar-refractivity contribution in [3.05, 3.63) is 59.7 Å². The summed E-state index contributed by atoms with van der Waals surface area (Å²) in [4.78, 5) is 0. The third-order valence-corrected chi connectivity index (χ3v) is 2.25. The molecule has 0 radical (unpaired) electrons. The molecule has 2 aromatic carbocycles. The fourth-order valence-corrected chi connectivity index (χ4v) is 1.44. The highest BCUT2D eigenvalue weighted by atomic mass is 19.4. The molecule has 0 amide bonds. The topological polar surface area (TPSA) is 9.23 Å². The van der Waals surface area contributed by atoms with Crippen molar-refractivity contribution in [3.8, 4) is 11.5 Å². The van der Waals surface area contributed by atoms with E-state index < -0.39 is 23.4 Å². The lowest BCUT2D eigenvalue weighted by Gasteiger charge is -2.09. The molecule has 0 N–H and O–H groups in total. The standard InChI is InChI=1S/C13H7F5O/c14-9-5-10(15)7-12(6-9)19-11-3-1-8(2-4-11)13(16,17)18/h1-7H. The molecule has 0 aliphatic carbocycles. The van der Waals surface area contributed by atoms with E-state index in [1.807, 2.05) is 0 Å². The zero-order valence-electron chi connectivity index (χ0n) is 9.34. The quantitative estimate of drug-likeness (QED) is 0.716. The normalized spacial score (nSPS) is 11.4. The Morgan fingerprint density at radius 2 is 1.26 bits per heavy atom. The number of alkyl halides is 3. The second kappa shape index (κ2) is 4.87. The summed E-state index contributed by atoms with van der Waals surface area (Å²) in [6.07, 6.45) is -4.44. The van der Waals surface area contributed by atoms with Gasteiger partial charge in [0.15, 0.2) is 0 Å². The minimum Gasteiger partial charge on any atom is -0.457 e. The average Bonchev–Trinajstić information content (AvgIpc) is 2.26. The third-order valence-electron chi connectivity index (χ3n) is 2.25. The van der Waals surface area contributed by atoms with E-state index >= 15 is 0 Å². The molecule has 0 saturated heterocycles. The van der Waals surface area contributed by atoms with Crippen molar-refractivity contribution in [1.82, 2.24) is 0 Å². The molecule has 0 aliphatic rings. The first kappa shape index (κ1) is 13.3. The van der Waals surface area contributed by atoms with E-state index in [-0.39, 0.29) is 11.5 Å². The maximum absolute atomic E-state index is 12.9. The maximum atomic E-state index is 12.9. The fourth-order valence-electron chi connectivity index (χ4n) is 1.44. The fraction of sp³-hybridized carbons (Fsp3) is 0.0769. The monoisotopic (exact) mass is 274 g/mol. The van der Waals surface area contributed by atoms with Gasteiger partial charge in [0.25, 0.3) is 0 Å². The van der Waals surface area contributed by atoms with E-state index in [4.69, 9.17) is 4.74 Å². The molecule has 100 valence electrons. The van der Waals surface area contributed by atoms with Crippen molar-refractivity contribution in [1.29, 1.82) is 0 Å². The van der Waals surface area contributed by atoms with Crippen LogP contribution in [0, 0.1) is 11.6 Å². The van der Waals surface area contributed by atoms with Crippen molar-refractivity contribution >= 4 is 0 Å². The smallest absolute Gasteiger partial charge is 0.416 e. The Morgan fingerprint density at radius 1 is 0.737 bits per heavy atom. The van der Waals surface area contributed by atoms with Crippen LogP contribution >= 0.6 is 0 Å². The lowest BCUT2D eigenvalue weighted by molar-refractivity contribution is -0.137. The summed E-state index contributed by atoms with van der Waals surface area (Å²) in [6.45, 7) is 0. The molecule has 0 aromatic heterocycles. The van der Waals surface area contributed by atoms with Crippen LogP contribution in [0.2, 0.25) is 0 Å². The first-order valence-corrected chi connectivity index (χ1v) is 5.16. The van der Waals surface area contributed by atoms with Crippen LogP contribution in [-0.4, -0.2) is 0 Å². The molecule has 0 fully saturated rings. The summed E-state index contributed by atoms with van der Waals surface area (Å²) in [7, 11) is 0. The molecular weight excluding hydrogens is 267 g/mol. The Hall–Kier alpha value is -2.11. The van der Waals surface area contributed by atoms with Gasteiger partial charge >= 0.3 is 6.18 Å². The molecule has 0 unspecified atom stereocenters. The highest BCUT2D eigenvalue weighted by Gasteiger charge is 2.30. The predicted molar refractivity (Wildman–Crippen MR) is 57.9 cm³/mol. The van der Waals surface area contributed by atoms with Crippen LogP contribution in [0.15, 0.2) is 42.5 Å². The van der Waals surface area contributed by atoms with Crippen molar-refractivity contribution in [3.63, 3.8) is 0 Å². The third kappa shape index (κ3) is 3.43. The van der Waals surface area contributed by atoms with Gasteiger partial charge in [-0.05, 0) is 24.3 Å². The minimum atomic E-state index is -4.44. The Labute approximate surface area is 105 Å². The molecule has 2 rings (SSSR count). The Kier molecular flexibility index (Phi) is 3.42. The molecule has 19 heavy (non-hydrogen) atoms. The van der Waals surface area contributed by atoms with Crippen LogP contribution in [0.5, 0.6) is 11.5 Å². The van der Waals surface area contributed by atoms with E-state index in [0.29, 0.717) is 6.07 Å². The van der Waals surface area contributed by atoms with Gasteiger partial charge in [-0.25, -0.2) is 8.78 Å². The summed E-state index contributed by atoms with van der Waals surface area (Å²) in [6, 6.07) is 6.33. The highest BCUT2D eigenvalue weighted by Crippen LogP contribution is 2.31. The van der Waals surface area contributed by atoms with E-state index in [1.165, 1.54) is 0 Å². The molecule has 0 spiro atoms. The van der Waals surface area contributed by atoms with Crippen molar-refractivity contribution in [2.75, 3.05) is 0 Å². The number of rotatable bonds is 2. The number of hydrogen-bond acceptors (Lipinski definition) is 1. The van der Waals surface area contributed by atoms with Gasteiger partial charge in [-0.1, -0.05) is 0 Å². The first-order chi connectivity index (χ1) is 8.84. The minimum absolute atomic E-state index is 0.0537. The predicted octanol–water partition coefficient (Wildman–Crippen LogP) is 4.78. The first-order valence-electron chi connectivity index (χ1n) is 5.16. The van der Waals surface area contributed by atoms with Gasteiger partial charge in [0.2, 0.25) is 0 Å². The van der Waals surface area contributed by atoms with Crippen LogP contribution in [0.3, 0.4) is 0 Å². The van der Waals surface area contributed by atoms with Crippen LogP contribution in [0.25, 0.3) is 0 Å². The Balaban J connectivity index is 2.20. The van der Waals surface area contributed by atoms with E-state index in [0.717, 1.165) is 36.4 Å². The molecular formula is C13H7F5O. The van der Waals surface area contributed by atoms with Crippen LogP contribution in [0.1, 0.15) is 5.56 Å². The summed E-state index contributed by atoms with van der Waals surface area (Å²) in [5.74, 6) is -1.74. The lowest BCUT2D eigenvalue weighted by Crippen LogP contribution is -2.04. The van der Waals surface area contributed by atoms with Crippen LogP contribution in [0.4, 0.5) is 22.0 Å². The Morgan fingerprint density at radius 3 is 1.74 bits per heavy atom. The lowest BCUT2D eigenvalue weighted by atomic mass is 10.2. The molecule has 1 nitrogen and oxygen atoms in total. The number of benzene rings is 2. The van der Waals surface area contributed by atoms with Gasteiger partial charge in [-0.2, -0.15) is 13.2 Å². The van der Waals surface area contributed by atoms with E-state index in [9.17, 15) is 22.0 Å². The van der Waals surface area contributed by atoms with Crippen molar-refractivity contribution in [2.45, 2.75) is 6.18 Å². The van der Waals surface area contributed by atoms with Gasteiger partial charge in [0.1, 0.15) is 23.1 Å². The van der Waals surface area contributed by atoms with Gasteiger partial charge in [-0.3, -0.25) is 0 Å². The van der Waals surface area contributed by atoms with Gasteiger partial charge < -0.3 is 4.74 Å². The zero-order chi connectivity index (χ0) is 14.0. The summed E-state index contributed by atoms with van der Waals surface area (Å²) in [5, 5.41) is 0. The molecule has 0 bridgehead atoms. The van der Waals surface area contributed by atoms with Crippen LogP contribution in [-0.2, 0) is 6.18 Å². The number of halogens is 5.